The van der Waals surface area contributed by atoms with Gasteiger partial charge in [-0.2, -0.15) is 5.10 Å². The van der Waals surface area contributed by atoms with Crippen LogP contribution >= 0.6 is 15.9 Å². The normalized spacial score (nSPS) is 12.8. The fraction of sp³-hybridized carbons (Fsp3) is 0.467. The second kappa shape index (κ2) is 6.99. The average molecular weight is 337 g/mol. The van der Waals surface area contributed by atoms with Crippen LogP contribution in [0.3, 0.4) is 0 Å². The number of aryl methyl sites for hydroxylation is 1. The highest BCUT2D eigenvalue weighted by molar-refractivity contribution is 9.10. The van der Waals surface area contributed by atoms with Crippen LogP contribution in [0, 0.1) is 0 Å². The quantitative estimate of drug-likeness (QED) is 0.813. The van der Waals surface area contributed by atoms with Crippen LogP contribution < -0.4 is 0 Å². The van der Waals surface area contributed by atoms with Gasteiger partial charge in [0.05, 0.1) is 6.54 Å². The van der Waals surface area contributed by atoms with Crippen molar-refractivity contribution in [3.8, 4) is 0 Å². The highest BCUT2D eigenvalue weighted by Crippen LogP contribution is 2.20. The van der Waals surface area contributed by atoms with Crippen molar-refractivity contribution >= 4 is 15.9 Å². The van der Waals surface area contributed by atoms with E-state index in [-0.39, 0.29) is 0 Å². The van der Waals surface area contributed by atoms with Gasteiger partial charge in [-0.15, -0.1) is 0 Å². The van der Waals surface area contributed by atoms with E-state index in [1.807, 2.05) is 11.7 Å². The molecule has 1 aromatic carbocycles. The molecule has 1 unspecified atom stereocenters. The summed E-state index contributed by atoms with van der Waals surface area (Å²) in [7, 11) is 4.09. The first kappa shape index (κ1) is 15.2. The summed E-state index contributed by atoms with van der Waals surface area (Å²) < 4.78 is 3.02. The van der Waals surface area contributed by atoms with E-state index in [0.717, 1.165) is 25.2 Å². The third-order valence-corrected chi connectivity index (χ3v) is 4.48. The van der Waals surface area contributed by atoms with E-state index in [1.165, 1.54) is 10.0 Å². The summed E-state index contributed by atoms with van der Waals surface area (Å²) in [6.07, 6.45) is 3.75. The summed E-state index contributed by atoms with van der Waals surface area (Å²) in [5, 5.41) is 4.12. The molecule has 2 rings (SSSR count). The monoisotopic (exact) mass is 336 g/mol. The summed E-state index contributed by atoms with van der Waals surface area (Å²) in [5.41, 5.74) is 1.35. The topological polar surface area (TPSA) is 34.0 Å². The van der Waals surface area contributed by atoms with Crippen LogP contribution in [0.2, 0.25) is 0 Å². The van der Waals surface area contributed by atoms with E-state index < -0.39 is 0 Å². The molecule has 0 saturated heterocycles. The van der Waals surface area contributed by atoms with Crippen LogP contribution in [0.1, 0.15) is 24.7 Å². The fourth-order valence-electron chi connectivity index (χ4n) is 2.35. The van der Waals surface area contributed by atoms with Crippen LogP contribution in [-0.4, -0.2) is 32.8 Å². The Morgan fingerprint density at radius 1 is 1.35 bits per heavy atom. The molecule has 2 aromatic rings. The Labute approximate surface area is 128 Å². The summed E-state index contributed by atoms with van der Waals surface area (Å²) in [6, 6.07) is 8.92. The zero-order valence-electron chi connectivity index (χ0n) is 12.3. The number of rotatable bonds is 6. The maximum atomic E-state index is 4.30. The molecule has 0 bridgehead atoms. The standard InChI is InChI=1S/C15H21BrN4/c1-4-13(9-12-7-5-6-8-14(12)16)19(2)10-15-17-11-18-20(15)3/h5-8,11,13H,4,9-10H2,1-3H3. The number of aromatic nitrogens is 3. The smallest absolute Gasteiger partial charge is 0.140 e. The number of hydrogen-bond acceptors (Lipinski definition) is 3. The van der Waals surface area contributed by atoms with Crippen LogP contribution in [0.5, 0.6) is 0 Å². The van der Waals surface area contributed by atoms with Gasteiger partial charge in [0.1, 0.15) is 12.2 Å². The van der Waals surface area contributed by atoms with Crippen molar-refractivity contribution in [3.05, 3.63) is 46.5 Å². The first-order chi connectivity index (χ1) is 9.61. The Bertz CT molecular complexity index is 552. The predicted octanol–water partition coefficient (Wildman–Crippen LogP) is 3.03. The van der Waals surface area contributed by atoms with Gasteiger partial charge in [0, 0.05) is 17.6 Å². The van der Waals surface area contributed by atoms with Gasteiger partial charge in [0.25, 0.3) is 0 Å². The first-order valence-corrected chi connectivity index (χ1v) is 7.67. The van der Waals surface area contributed by atoms with Gasteiger partial charge in [0.15, 0.2) is 0 Å². The predicted molar refractivity (Wildman–Crippen MR) is 84.4 cm³/mol. The molecule has 0 fully saturated rings. The summed E-state index contributed by atoms with van der Waals surface area (Å²) >= 11 is 3.63. The lowest BCUT2D eigenvalue weighted by Gasteiger charge is -2.27. The number of hydrogen-bond donors (Lipinski definition) is 0. The highest BCUT2D eigenvalue weighted by atomic mass is 79.9. The summed E-state index contributed by atoms with van der Waals surface area (Å²) in [5.74, 6) is 0.998. The van der Waals surface area contributed by atoms with E-state index >= 15 is 0 Å². The van der Waals surface area contributed by atoms with Crippen LogP contribution in [0.4, 0.5) is 0 Å². The lowest BCUT2D eigenvalue weighted by molar-refractivity contribution is 0.218. The van der Waals surface area contributed by atoms with E-state index in [1.54, 1.807) is 6.33 Å². The number of likely N-dealkylation sites (N-methyl/N-ethyl adjacent to an activating group) is 1. The highest BCUT2D eigenvalue weighted by Gasteiger charge is 2.16. The Hall–Kier alpha value is -1.20. The Balaban J connectivity index is 2.04. The number of nitrogens with zero attached hydrogens (tertiary/aromatic N) is 4. The van der Waals surface area contributed by atoms with Crippen molar-refractivity contribution in [3.63, 3.8) is 0 Å². The van der Waals surface area contributed by atoms with Crippen molar-refractivity contribution in [2.45, 2.75) is 32.4 Å². The van der Waals surface area contributed by atoms with E-state index in [4.69, 9.17) is 0 Å². The Morgan fingerprint density at radius 3 is 2.70 bits per heavy atom. The minimum atomic E-state index is 0.491. The molecular weight excluding hydrogens is 316 g/mol. The average Bonchev–Trinajstić information content (AvgIpc) is 2.83. The molecule has 0 spiro atoms. The second-order valence-corrected chi connectivity index (χ2v) is 5.93. The van der Waals surface area contributed by atoms with Crippen molar-refractivity contribution in [2.24, 2.45) is 7.05 Å². The minimum Gasteiger partial charge on any atom is -0.296 e. The Morgan fingerprint density at radius 2 is 2.10 bits per heavy atom. The minimum absolute atomic E-state index is 0.491. The fourth-order valence-corrected chi connectivity index (χ4v) is 2.79. The van der Waals surface area contributed by atoms with Gasteiger partial charge in [-0.1, -0.05) is 41.1 Å². The molecule has 1 aromatic heterocycles. The molecule has 20 heavy (non-hydrogen) atoms. The lowest BCUT2D eigenvalue weighted by atomic mass is 10.0. The van der Waals surface area contributed by atoms with Gasteiger partial charge in [-0.3, -0.25) is 9.58 Å². The summed E-state index contributed by atoms with van der Waals surface area (Å²) in [6.45, 7) is 3.05. The van der Waals surface area contributed by atoms with Gasteiger partial charge in [0.2, 0.25) is 0 Å². The lowest BCUT2D eigenvalue weighted by Crippen LogP contribution is -2.33. The molecule has 0 amide bonds. The third-order valence-electron chi connectivity index (χ3n) is 3.70. The zero-order chi connectivity index (χ0) is 14.5. The molecule has 0 N–H and O–H groups in total. The van der Waals surface area contributed by atoms with Gasteiger partial charge >= 0.3 is 0 Å². The van der Waals surface area contributed by atoms with Crippen molar-refractivity contribution in [2.75, 3.05) is 7.05 Å². The first-order valence-electron chi connectivity index (χ1n) is 6.88. The van der Waals surface area contributed by atoms with Crippen LogP contribution in [-0.2, 0) is 20.0 Å². The Kier molecular flexibility index (Phi) is 5.31. The number of benzene rings is 1. The molecule has 1 atom stereocenters. The number of halogens is 1. The van der Waals surface area contributed by atoms with Gasteiger partial charge in [-0.05, 0) is 31.5 Å². The van der Waals surface area contributed by atoms with Crippen LogP contribution in [0.15, 0.2) is 35.1 Å². The maximum absolute atomic E-state index is 4.30. The van der Waals surface area contributed by atoms with E-state index in [9.17, 15) is 0 Å². The molecule has 0 aliphatic rings. The zero-order valence-corrected chi connectivity index (χ0v) is 13.8. The molecule has 0 radical (unpaired) electrons. The molecule has 0 saturated carbocycles. The second-order valence-electron chi connectivity index (χ2n) is 5.07. The van der Waals surface area contributed by atoms with Crippen molar-refractivity contribution in [1.29, 1.82) is 0 Å². The molecular formula is C15H21BrN4. The molecule has 108 valence electrons. The molecule has 4 nitrogen and oxygen atoms in total. The SMILES string of the molecule is CCC(Cc1ccccc1Br)N(C)Cc1ncnn1C. The molecule has 1 heterocycles. The van der Waals surface area contributed by atoms with Crippen molar-refractivity contribution in [1.82, 2.24) is 19.7 Å². The van der Waals surface area contributed by atoms with Gasteiger partial charge < -0.3 is 0 Å². The van der Waals surface area contributed by atoms with Crippen molar-refractivity contribution < 1.29 is 0 Å². The van der Waals surface area contributed by atoms with Gasteiger partial charge in [-0.25, -0.2) is 4.98 Å². The summed E-state index contributed by atoms with van der Waals surface area (Å²) in [4.78, 5) is 6.65. The maximum Gasteiger partial charge on any atom is 0.140 e. The largest absolute Gasteiger partial charge is 0.296 e. The third kappa shape index (κ3) is 3.67. The molecule has 0 aliphatic heterocycles. The molecule has 5 heteroatoms. The van der Waals surface area contributed by atoms with E-state index in [0.29, 0.717) is 6.04 Å². The van der Waals surface area contributed by atoms with Crippen LogP contribution in [0.25, 0.3) is 0 Å². The van der Waals surface area contributed by atoms with E-state index in [2.05, 4.69) is 69.1 Å². The molecule has 0 aliphatic carbocycles.